The van der Waals surface area contributed by atoms with Crippen molar-refractivity contribution in [1.29, 1.82) is 0 Å². The summed E-state index contributed by atoms with van der Waals surface area (Å²) < 4.78 is 1.16. The quantitative estimate of drug-likeness (QED) is 0.816. The van der Waals surface area contributed by atoms with Crippen LogP contribution in [0.15, 0.2) is 46.9 Å². The number of aryl methyl sites for hydroxylation is 1. The Morgan fingerprint density at radius 1 is 1.06 bits per heavy atom. The van der Waals surface area contributed by atoms with Gasteiger partial charge in [-0.25, -0.2) is 0 Å². The maximum atomic E-state index is 3.61. The summed E-state index contributed by atoms with van der Waals surface area (Å²) in [5, 5.41) is 3.44. The van der Waals surface area contributed by atoms with Crippen LogP contribution in [0, 0.1) is 0 Å². The molecule has 0 radical (unpaired) electrons. The summed E-state index contributed by atoms with van der Waals surface area (Å²) in [6.07, 6.45) is 2.41. The molecule has 0 spiro atoms. The Balaban J connectivity index is 2.07. The summed E-state index contributed by atoms with van der Waals surface area (Å²) in [7, 11) is 0. The highest BCUT2D eigenvalue weighted by atomic mass is 79.9. The number of nitrogens with one attached hydrogen (secondary N) is 1. The molecule has 2 aromatic rings. The average Bonchev–Trinajstić information content (AvgIpc) is 2.39. The first kappa shape index (κ1) is 10.8. The highest BCUT2D eigenvalue weighted by Crippen LogP contribution is 2.32. The number of benzene rings is 2. The predicted molar refractivity (Wildman–Crippen MR) is 76.4 cm³/mol. The lowest BCUT2D eigenvalue weighted by atomic mass is 9.97. The predicted octanol–water partition coefficient (Wildman–Crippen LogP) is 4.47. The molecule has 0 saturated heterocycles. The van der Waals surface area contributed by atoms with Crippen molar-refractivity contribution >= 4 is 21.6 Å². The van der Waals surface area contributed by atoms with Gasteiger partial charge in [0, 0.05) is 16.7 Å². The van der Waals surface area contributed by atoms with Crippen molar-refractivity contribution in [2.24, 2.45) is 0 Å². The van der Waals surface area contributed by atoms with E-state index < -0.39 is 0 Å². The van der Waals surface area contributed by atoms with Crippen molar-refractivity contribution in [3.63, 3.8) is 0 Å². The van der Waals surface area contributed by atoms with E-state index in [1.54, 1.807) is 0 Å². The Morgan fingerprint density at radius 2 is 1.94 bits per heavy atom. The van der Waals surface area contributed by atoms with Gasteiger partial charge < -0.3 is 5.32 Å². The highest BCUT2D eigenvalue weighted by molar-refractivity contribution is 9.10. The first-order valence-corrected chi connectivity index (χ1v) is 6.75. The average molecular weight is 288 g/mol. The van der Waals surface area contributed by atoms with Gasteiger partial charge in [0.1, 0.15) is 0 Å². The fourth-order valence-electron chi connectivity index (χ4n) is 2.34. The maximum Gasteiger partial charge on any atom is 0.0373 e. The third-order valence-corrected chi connectivity index (χ3v) is 3.92. The largest absolute Gasteiger partial charge is 0.385 e. The van der Waals surface area contributed by atoms with Crippen LogP contribution in [0.2, 0.25) is 0 Å². The van der Waals surface area contributed by atoms with Crippen LogP contribution in [0.5, 0.6) is 0 Å². The van der Waals surface area contributed by atoms with Crippen LogP contribution in [-0.2, 0) is 6.42 Å². The number of anilines is 1. The standard InChI is InChI=1S/C15H14BrN/c16-14-6-2-1-5-13(14)11-7-8-15-12(10-11)4-3-9-17-15/h1-2,5-8,10,17H,3-4,9H2. The van der Waals surface area contributed by atoms with Gasteiger partial charge in [-0.05, 0) is 47.7 Å². The zero-order chi connectivity index (χ0) is 11.7. The van der Waals surface area contributed by atoms with Crippen molar-refractivity contribution in [2.75, 3.05) is 11.9 Å². The lowest BCUT2D eigenvalue weighted by molar-refractivity contribution is 0.830. The Bertz CT molecular complexity index is 548. The van der Waals surface area contributed by atoms with Gasteiger partial charge in [-0.3, -0.25) is 0 Å². The summed E-state index contributed by atoms with van der Waals surface area (Å²) in [6.45, 7) is 1.10. The third kappa shape index (κ3) is 2.09. The minimum absolute atomic E-state index is 1.10. The van der Waals surface area contributed by atoms with Crippen molar-refractivity contribution in [1.82, 2.24) is 0 Å². The Labute approximate surface area is 110 Å². The molecule has 17 heavy (non-hydrogen) atoms. The van der Waals surface area contributed by atoms with Crippen molar-refractivity contribution in [3.05, 3.63) is 52.5 Å². The van der Waals surface area contributed by atoms with E-state index in [1.165, 1.54) is 35.2 Å². The molecular formula is C15H14BrN. The van der Waals surface area contributed by atoms with Crippen LogP contribution in [0.25, 0.3) is 11.1 Å². The zero-order valence-electron chi connectivity index (χ0n) is 9.54. The van der Waals surface area contributed by atoms with Crippen molar-refractivity contribution < 1.29 is 0 Å². The first-order chi connectivity index (χ1) is 8.34. The molecule has 0 aliphatic carbocycles. The second kappa shape index (κ2) is 4.53. The molecule has 86 valence electrons. The SMILES string of the molecule is Brc1ccccc1-c1ccc2c(c1)CCCN2. The fourth-order valence-corrected chi connectivity index (χ4v) is 2.85. The van der Waals surface area contributed by atoms with E-state index in [0.717, 1.165) is 11.0 Å². The zero-order valence-corrected chi connectivity index (χ0v) is 11.1. The Morgan fingerprint density at radius 3 is 2.82 bits per heavy atom. The molecule has 2 aromatic carbocycles. The van der Waals surface area contributed by atoms with Gasteiger partial charge in [0.2, 0.25) is 0 Å². The molecule has 1 nitrogen and oxygen atoms in total. The molecule has 1 N–H and O–H groups in total. The van der Waals surface area contributed by atoms with Gasteiger partial charge >= 0.3 is 0 Å². The number of hydrogen-bond acceptors (Lipinski definition) is 1. The molecular weight excluding hydrogens is 274 g/mol. The van der Waals surface area contributed by atoms with Gasteiger partial charge in [-0.15, -0.1) is 0 Å². The van der Waals surface area contributed by atoms with E-state index in [4.69, 9.17) is 0 Å². The molecule has 0 atom stereocenters. The molecule has 1 heterocycles. The molecule has 0 saturated carbocycles. The monoisotopic (exact) mass is 287 g/mol. The number of halogens is 1. The number of rotatable bonds is 1. The van der Waals surface area contributed by atoms with E-state index in [9.17, 15) is 0 Å². The van der Waals surface area contributed by atoms with E-state index in [2.05, 4.69) is 57.6 Å². The molecule has 0 aromatic heterocycles. The fraction of sp³-hybridized carbons (Fsp3) is 0.200. The second-order valence-electron chi connectivity index (χ2n) is 4.38. The summed E-state index contributed by atoms with van der Waals surface area (Å²) in [4.78, 5) is 0. The Hall–Kier alpha value is -1.28. The number of fused-ring (bicyclic) bond motifs is 1. The summed E-state index contributed by atoms with van der Waals surface area (Å²) >= 11 is 3.61. The van der Waals surface area contributed by atoms with E-state index >= 15 is 0 Å². The maximum absolute atomic E-state index is 3.61. The van der Waals surface area contributed by atoms with Gasteiger partial charge in [0.25, 0.3) is 0 Å². The minimum Gasteiger partial charge on any atom is -0.385 e. The van der Waals surface area contributed by atoms with Crippen LogP contribution in [0.1, 0.15) is 12.0 Å². The molecule has 1 aliphatic heterocycles. The van der Waals surface area contributed by atoms with Crippen LogP contribution in [0.3, 0.4) is 0 Å². The third-order valence-electron chi connectivity index (χ3n) is 3.23. The van der Waals surface area contributed by atoms with Crippen molar-refractivity contribution in [2.45, 2.75) is 12.8 Å². The molecule has 0 amide bonds. The van der Waals surface area contributed by atoms with Crippen LogP contribution < -0.4 is 5.32 Å². The molecule has 0 fully saturated rings. The van der Waals surface area contributed by atoms with Crippen molar-refractivity contribution in [3.8, 4) is 11.1 Å². The summed E-state index contributed by atoms with van der Waals surface area (Å²) in [5.74, 6) is 0. The van der Waals surface area contributed by atoms with Gasteiger partial charge in [0.05, 0.1) is 0 Å². The van der Waals surface area contributed by atoms with Gasteiger partial charge in [-0.2, -0.15) is 0 Å². The van der Waals surface area contributed by atoms with Crippen LogP contribution in [-0.4, -0.2) is 6.54 Å². The molecule has 2 heteroatoms. The van der Waals surface area contributed by atoms with E-state index in [-0.39, 0.29) is 0 Å². The summed E-state index contributed by atoms with van der Waals surface area (Å²) in [5.41, 5.74) is 5.29. The molecule has 0 bridgehead atoms. The van der Waals surface area contributed by atoms with Crippen LogP contribution >= 0.6 is 15.9 Å². The molecule has 3 rings (SSSR count). The smallest absolute Gasteiger partial charge is 0.0373 e. The van der Waals surface area contributed by atoms with Crippen LogP contribution in [0.4, 0.5) is 5.69 Å². The summed E-state index contributed by atoms with van der Waals surface area (Å²) in [6, 6.07) is 15.1. The topological polar surface area (TPSA) is 12.0 Å². The first-order valence-electron chi connectivity index (χ1n) is 5.96. The highest BCUT2D eigenvalue weighted by Gasteiger charge is 2.10. The minimum atomic E-state index is 1.10. The molecule has 1 aliphatic rings. The second-order valence-corrected chi connectivity index (χ2v) is 5.24. The number of hydrogen-bond donors (Lipinski definition) is 1. The van der Waals surface area contributed by atoms with Gasteiger partial charge in [-0.1, -0.05) is 40.2 Å². The molecule has 0 unspecified atom stereocenters. The lowest BCUT2D eigenvalue weighted by Gasteiger charge is -2.19. The normalized spacial score (nSPS) is 13.9. The lowest BCUT2D eigenvalue weighted by Crippen LogP contribution is -2.11. The van der Waals surface area contributed by atoms with Gasteiger partial charge in [0.15, 0.2) is 0 Å². The Kier molecular flexibility index (Phi) is 2.89. The van der Waals surface area contributed by atoms with E-state index in [0.29, 0.717) is 0 Å². The van der Waals surface area contributed by atoms with E-state index in [1.807, 2.05) is 6.07 Å².